The number of carbonyl (C=O) groups excluding carboxylic acids is 1. The lowest BCUT2D eigenvalue weighted by Crippen LogP contribution is -1.76. The Morgan fingerprint density at radius 2 is 2.14 bits per heavy atom. The normalized spacial score (nSPS) is 12.0. The third-order valence-electron chi connectivity index (χ3n) is 1.87. The Morgan fingerprint density at radius 3 is 2.79 bits per heavy atom. The fraction of sp³-hybridized carbons (Fsp3) is 0.154. The zero-order valence-corrected chi connectivity index (χ0v) is 8.53. The van der Waals surface area contributed by atoms with Gasteiger partial charge in [-0.2, -0.15) is 0 Å². The van der Waals surface area contributed by atoms with Gasteiger partial charge in [0.15, 0.2) is 0 Å². The SMILES string of the molecule is CC(C=CC=O)=Cc1cccc(C)c1. The highest BCUT2D eigenvalue weighted by molar-refractivity contribution is 5.67. The summed E-state index contributed by atoms with van der Waals surface area (Å²) in [6.07, 6.45) is 6.14. The zero-order valence-electron chi connectivity index (χ0n) is 8.53. The van der Waals surface area contributed by atoms with Crippen LogP contribution in [0.5, 0.6) is 0 Å². The molecule has 1 aromatic carbocycles. The van der Waals surface area contributed by atoms with E-state index in [-0.39, 0.29) is 0 Å². The molecule has 0 aromatic heterocycles. The molecule has 0 heterocycles. The van der Waals surface area contributed by atoms with Gasteiger partial charge >= 0.3 is 0 Å². The van der Waals surface area contributed by atoms with Crippen LogP contribution < -0.4 is 0 Å². The first-order valence-corrected chi connectivity index (χ1v) is 4.59. The molecule has 1 nitrogen and oxygen atoms in total. The van der Waals surface area contributed by atoms with Crippen molar-refractivity contribution >= 4 is 12.4 Å². The van der Waals surface area contributed by atoms with Crippen LogP contribution in [0.4, 0.5) is 0 Å². The summed E-state index contributed by atoms with van der Waals surface area (Å²) in [6.45, 7) is 4.04. The molecule has 14 heavy (non-hydrogen) atoms. The highest BCUT2D eigenvalue weighted by Gasteiger charge is 1.88. The molecule has 0 amide bonds. The van der Waals surface area contributed by atoms with Crippen molar-refractivity contribution in [1.82, 2.24) is 0 Å². The van der Waals surface area contributed by atoms with Crippen molar-refractivity contribution < 1.29 is 4.79 Å². The molecule has 0 bridgehead atoms. The molecule has 0 spiro atoms. The molecule has 0 aliphatic heterocycles. The summed E-state index contributed by atoms with van der Waals surface area (Å²) in [4.78, 5) is 10.1. The Morgan fingerprint density at radius 1 is 1.36 bits per heavy atom. The number of carbonyl (C=O) groups is 1. The van der Waals surface area contributed by atoms with Gasteiger partial charge in [-0.05, 0) is 25.5 Å². The summed E-state index contributed by atoms with van der Waals surface area (Å²) >= 11 is 0. The van der Waals surface area contributed by atoms with Gasteiger partial charge in [-0.1, -0.05) is 47.6 Å². The first-order valence-electron chi connectivity index (χ1n) is 4.59. The number of benzene rings is 1. The third kappa shape index (κ3) is 3.40. The summed E-state index contributed by atoms with van der Waals surface area (Å²) < 4.78 is 0. The molecule has 0 N–H and O–H groups in total. The van der Waals surface area contributed by atoms with Gasteiger partial charge in [-0.3, -0.25) is 4.79 Å². The van der Waals surface area contributed by atoms with Crippen LogP contribution in [-0.4, -0.2) is 6.29 Å². The van der Waals surface area contributed by atoms with Gasteiger partial charge in [0, 0.05) is 0 Å². The molecule has 0 fully saturated rings. The first-order chi connectivity index (χ1) is 6.72. The van der Waals surface area contributed by atoms with E-state index in [0.717, 1.165) is 17.4 Å². The predicted molar refractivity (Wildman–Crippen MR) is 60.0 cm³/mol. The molecule has 72 valence electrons. The van der Waals surface area contributed by atoms with Crippen LogP contribution in [0.2, 0.25) is 0 Å². The third-order valence-corrected chi connectivity index (χ3v) is 1.87. The molecule has 0 radical (unpaired) electrons. The molecule has 1 rings (SSSR count). The van der Waals surface area contributed by atoms with Crippen molar-refractivity contribution in [2.24, 2.45) is 0 Å². The molecule has 0 atom stereocenters. The molecule has 0 aliphatic carbocycles. The Bertz CT molecular complexity index is 373. The van der Waals surface area contributed by atoms with E-state index >= 15 is 0 Å². The Balaban J connectivity index is 2.85. The Labute approximate surface area is 84.8 Å². The van der Waals surface area contributed by atoms with Crippen LogP contribution in [0.1, 0.15) is 18.1 Å². The lowest BCUT2D eigenvalue weighted by Gasteiger charge is -1.96. The fourth-order valence-electron chi connectivity index (χ4n) is 1.26. The van der Waals surface area contributed by atoms with Crippen LogP contribution in [0.3, 0.4) is 0 Å². The van der Waals surface area contributed by atoms with Crippen molar-refractivity contribution in [1.29, 1.82) is 0 Å². The van der Waals surface area contributed by atoms with E-state index in [2.05, 4.69) is 19.1 Å². The predicted octanol–water partition coefficient (Wildman–Crippen LogP) is 3.15. The van der Waals surface area contributed by atoms with E-state index in [0.29, 0.717) is 0 Å². The average Bonchev–Trinajstić information content (AvgIpc) is 2.15. The maximum absolute atomic E-state index is 10.1. The molecular formula is C13H14O. The minimum atomic E-state index is 0.785. The van der Waals surface area contributed by atoms with Crippen molar-refractivity contribution in [3.05, 3.63) is 53.1 Å². The number of rotatable bonds is 3. The number of aryl methyl sites for hydroxylation is 1. The minimum Gasteiger partial charge on any atom is -0.299 e. The maximum Gasteiger partial charge on any atom is 0.142 e. The Hall–Kier alpha value is -1.63. The zero-order chi connectivity index (χ0) is 10.4. The van der Waals surface area contributed by atoms with Gasteiger partial charge in [0.05, 0.1) is 0 Å². The monoisotopic (exact) mass is 186 g/mol. The van der Waals surface area contributed by atoms with Gasteiger partial charge in [0.2, 0.25) is 0 Å². The Kier molecular flexibility index (Phi) is 3.86. The van der Waals surface area contributed by atoms with Crippen LogP contribution in [0.25, 0.3) is 6.08 Å². The van der Waals surface area contributed by atoms with E-state index in [1.54, 1.807) is 6.08 Å². The second kappa shape index (κ2) is 5.18. The molecule has 0 unspecified atom stereocenters. The van der Waals surface area contributed by atoms with Gasteiger partial charge in [-0.15, -0.1) is 0 Å². The van der Waals surface area contributed by atoms with Crippen LogP contribution in [-0.2, 0) is 4.79 Å². The summed E-state index contributed by atoms with van der Waals surface area (Å²) in [7, 11) is 0. The minimum absolute atomic E-state index is 0.785. The van der Waals surface area contributed by atoms with E-state index in [4.69, 9.17) is 0 Å². The quantitative estimate of drug-likeness (QED) is 0.402. The van der Waals surface area contributed by atoms with Crippen LogP contribution in [0, 0.1) is 6.92 Å². The second-order valence-corrected chi connectivity index (χ2v) is 3.30. The maximum atomic E-state index is 10.1. The van der Waals surface area contributed by atoms with Crippen molar-refractivity contribution in [3.63, 3.8) is 0 Å². The molecule has 0 saturated heterocycles. The van der Waals surface area contributed by atoms with Crippen molar-refractivity contribution in [2.75, 3.05) is 0 Å². The van der Waals surface area contributed by atoms with E-state index < -0.39 is 0 Å². The standard InChI is InChI=1S/C13H14O/c1-11-5-3-7-13(9-11)10-12(2)6-4-8-14/h3-10H,1-2H3. The highest BCUT2D eigenvalue weighted by Crippen LogP contribution is 2.09. The summed E-state index contributed by atoms with van der Waals surface area (Å²) in [6, 6.07) is 8.25. The molecule has 1 heteroatoms. The highest BCUT2D eigenvalue weighted by atomic mass is 16.1. The first kappa shape index (κ1) is 10.5. The van der Waals surface area contributed by atoms with Gasteiger partial charge < -0.3 is 0 Å². The largest absolute Gasteiger partial charge is 0.299 e. The van der Waals surface area contributed by atoms with E-state index in [1.807, 2.05) is 25.1 Å². The molecule has 1 aromatic rings. The van der Waals surface area contributed by atoms with Crippen LogP contribution in [0.15, 0.2) is 42.0 Å². The van der Waals surface area contributed by atoms with Gasteiger partial charge in [-0.25, -0.2) is 0 Å². The average molecular weight is 186 g/mol. The molecule has 0 saturated carbocycles. The van der Waals surface area contributed by atoms with E-state index in [9.17, 15) is 4.79 Å². The summed E-state index contributed by atoms with van der Waals surface area (Å²) in [5.41, 5.74) is 3.48. The molecule has 0 aliphatic rings. The molecular weight excluding hydrogens is 172 g/mol. The van der Waals surface area contributed by atoms with E-state index in [1.165, 1.54) is 11.6 Å². The topological polar surface area (TPSA) is 17.1 Å². The van der Waals surface area contributed by atoms with Gasteiger partial charge in [0.25, 0.3) is 0 Å². The number of hydrogen-bond donors (Lipinski definition) is 0. The van der Waals surface area contributed by atoms with Crippen molar-refractivity contribution in [3.8, 4) is 0 Å². The second-order valence-electron chi connectivity index (χ2n) is 3.30. The summed E-state index contributed by atoms with van der Waals surface area (Å²) in [5.74, 6) is 0. The summed E-state index contributed by atoms with van der Waals surface area (Å²) in [5, 5.41) is 0. The van der Waals surface area contributed by atoms with Gasteiger partial charge in [0.1, 0.15) is 6.29 Å². The lowest BCUT2D eigenvalue weighted by atomic mass is 10.1. The van der Waals surface area contributed by atoms with Crippen molar-refractivity contribution in [2.45, 2.75) is 13.8 Å². The lowest BCUT2D eigenvalue weighted by molar-refractivity contribution is -0.104. The number of allylic oxidation sites excluding steroid dienone is 3. The fourth-order valence-corrected chi connectivity index (χ4v) is 1.26. The van der Waals surface area contributed by atoms with Crippen LogP contribution >= 0.6 is 0 Å². The number of hydrogen-bond acceptors (Lipinski definition) is 1. The number of aldehydes is 1. The smallest absolute Gasteiger partial charge is 0.142 e.